The highest BCUT2D eigenvalue weighted by Gasteiger charge is 2.33. The van der Waals surface area contributed by atoms with Gasteiger partial charge in [0.25, 0.3) is 10.2 Å². The van der Waals surface area contributed by atoms with Gasteiger partial charge in [0, 0.05) is 25.2 Å². The second-order valence-electron chi connectivity index (χ2n) is 5.83. The maximum atomic E-state index is 12.1. The SMILES string of the molecule is CC(C)NCC1CCCN(S(=O)(=O)NC2CC2)C1. The lowest BCUT2D eigenvalue weighted by molar-refractivity contribution is 0.254. The molecule has 1 saturated carbocycles. The summed E-state index contributed by atoms with van der Waals surface area (Å²) in [6, 6.07) is 0.658. The van der Waals surface area contributed by atoms with Crippen molar-refractivity contribution in [3.05, 3.63) is 0 Å². The summed E-state index contributed by atoms with van der Waals surface area (Å²) in [5.74, 6) is 0.442. The molecule has 0 radical (unpaired) electrons. The van der Waals surface area contributed by atoms with Gasteiger partial charge in [0.1, 0.15) is 0 Å². The molecule has 106 valence electrons. The number of hydrogen-bond donors (Lipinski definition) is 2. The third-order valence-corrected chi connectivity index (χ3v) is 5.17. The largest absolute Gasteiger partial charge is 0.314 e. The molecule has 2 N–H and O–H groups in total. The monoisotopic (exact) mass is 275 g/mol. The summed E-state index contributed by atoms with van der Waals surface area (Å²) in [6.45, 7) is 6.47. The van der Waals surface area contributed by atoms with Crippen LogP contribution >= 0.6 is 0 Å². The van der Waals surface area contributed by atoms with Gasteiger partial charge in [-0.15, -0.1) is 0 Å². The van der Waals surface area contributed by atoms with Gasteiger partial charge in [-0.1, -0.05) is 13.8 Å². The predicted octanol–water partition coefficient (Wildman–Crippen LogP) is 0.693. The van der Waals surface area contributed by atoms with E-state index < -0.39 is 10.2 Å². The first kappa shape index (κ1) is 14.2. The van der Waals surface area contributed by atoms with E-state index >= 15 is 0 Å². The van der Waals surface area contributed by atoms with Crippen molar-refractivity contribution in [1.82, 2.24) is 14.3 Å². The van der Waals surface area contributed by atoms with Crippen molar-refractivity contribution in [3.63, 3.8) is 0 Å². The number of nitrogens with one attached hydrogen (secondary N) is 2. The first-order valence-electron chi connectivity index (χ1n) is 6.98. The van der Waals surface area contributed by atoms with Crippen molar-refractivity contribution in [2.24, 2.45) is 5.92 Å². The maximum Gasteiger partial charge on any atom is 0.279 e. The molecule has 1 atom stereocenters. The zero-order chi connectivity index (χ0) is 13.2. The van der Waals surface area contributed by atoms with Gasteiger partial charge >= 0.3 is 0 Å². The summed E-state index contributed by atoms with van der Waals surface area (Å²) in [5.41, 5.74) is 0. The zero-order valence-electron chi connectivity index (χ0n) is 11.4. The second-order valence-corrected chi connectivity index (χ2v) is 7.53. The highest BCUT2D eigenvalue weighted by molar-refractivity contribution is 7.87. The number of rotatable bonds is 6. The Morgan fingerprint density at radius 2 is 2.00 bits per heavy atom. The van der Waals surface area contributed by atoms with E-state index in [2.05, 4.69) is 23.9 Å². The van der Waals surface area contributed by atoms with Crippen LogP contribution in [0, 0.1) is 5.92 Å². The lowest BCUT2D eigenvalue weighted by atomic mass is 9.99. The standard InChI is InChI=1S/C12H25N3O2S/c1-10(2)13-8-11-4-3-7-15(9-11)18(16,17)14-12-5-6-12/h10-14H,3-9H2,1-2H3. The zero-order valence-corrected chi connectivity index (χ0v) is 12.2. The molecule has 1 aliphatic carbocycles. The van der Waals surface area contributed by atoms with E-state index in [-0.39, 0.29) is 6.04 Å². The van der Waals surface area contributed by atoms with Crippen molar-refractivity contribution < 1.29 is 8.42 Å². The summed E-state index contributed by atoms with van der Waals surface area (Å²) >= 11 is 0. The van der Waals surface area contributed by atoms with Gasteiger partial charge in [0.05, 0.1) is 0 Å². The van der Waals surface area contributed by atoms with E-state index in [1.54, 1.807) is 4.31 Å². The molecular formula is C12H25N3O2S. The fourth-order valence-electron chi connectivity index (χ4n) is 2.30. The Hall–Kier alpha value is -0.170. The van der Waals surface area contributed by atoms with Crippen molar-refractivity contribution in [2.75, 3.05) is 19.6 Å². The van der Waals surface area contributed by atoms with E-state index in [9.17, 15) is 8.42 Å². The van der Waals surface area contributed by atoms with Gasteiger partial charge in [0.15, 0.2) is 0 Å². The highest BCUT2D eigenvalue weighted by Crippen LogP contribution is 2.23. The molecule has 1 heterocycles. The van der Waals surface area contributed by atoms with Gasteiger partial charge in [-0.3, -0.25) is 0 Å². The Kier molecular flexibility index (Phi) is 4.64. The maximum absolute atomic E-state index is 12.1. The molecule has 2 rings (SSSR count). The molecule has 1 aliphatic heterocycles. The van der Waals surface area contributed by atoms with Gasteiger partial charge in [-0.05, 0) is 38.1 Å². The predicted molar refractivity (Wildman–Crippen MR) is 72.5 cm³/mol. The quantitative estimate of drug-likeness (QED) is 0.750. The van der Waals surface area contributed by atoms with Gasteiger partial charge < -0.3 is 5.32 Å². The highest BCUT2D eigenvalue weighted by atomic mass is 32.2. The first-order chi connectivity index (χ1) is 8.47. The van der Waals surface area contributed by atoms with Crippen LogP contribution < -0.4 is 10.0 Å². The molecule has 1 unspecified atom stereocenters. The van der Waals surface area contributed by atoms with Crippen molar-refractivity contribution in [1.29, 1.82) is 0 Å². The molecular weight excluding hydrogens is 250 g/mol. The minimum Gasteiger partial charge on any atom is -0.314 e. The number of hydrogen-bond acceptors (Lipinski definition) is 3. The molecule has 2 fully saturated rings. The molecule has 0 aromatic rings. The molecule has 0 aromatic heterocycles. The normalized spacial score (nSPS) is 26.7. The Bertz CT molecular complexity index is 366. The van der Waals surface area contributed by atoms with E-state index in [0.29, 0.717) is 25.0 Å². The Morgan fingerprint density at radius 3 is 2.61 bits per heavy atom. The minimum atomic E-state index is -3.24. The van der Waals surface area contributed by atoms with Crippen LogP contribution in [0.25, 0.3) is 0 Å². The molecule has 0 amide bonds. The Balaban J connectivity index is 1.85. The molecule has 18 heavy (non-hydrogen) atoms. The van der Waals surface area contributed by atoms with Crippen LogP contribution in [0.5, 0.6) is 0 Å². The lowest BCUT2D eigenvalue weighted by Crippen LogP contribution is -2.48. The minimum absolute atomic E-state index is 0.198. The van der Waals surface area contributed by atoms with E-state index in [1.807, 2.05) is 0 Å². The molecule has 0 spiro atoms. The number of nitrogens with zero attached hydrogens (tertiary/aromatic N) is 1. The topological polar surface area (TPSA) is 61.4 Å². The molecule has 1 saturated heterocycles. The van der Waals surface area contributed by atoms with Crippen LogP contribution in [0.2, 0.25) is 0 Å². The first-order valence-corrected chi connectivity index (χ1v) is 8.42. The average Bonchev–Trinajstić information content (AvgIpc) is 3.10. The van der Waals surface area contributed by atoms with Crippen LogP contribution in [0.3, 0.4) is 0 Å². The van der Waals surface area contributed by atoms with Gasteiger partial charge in [0.2, 0.25) is 0 Å². The van der Waals surface area contributed by atoms with E-state index in [4.69, 9.17) is 0 Å². The Labute approximate surface area is 110 Å². The average molecular weight is 275 g/mol. The van der Waals surface area contributed by atoms with Crippen LogP contribution in [0.1, 0.15) is 39.5 Å². The summed E-state index contributed by atoms with van der Waals surface area (Å²) in [4.78, 5) is 0. The van der Waals surface area contributed by atoms with Crippen LogP contribution in [0.4, 0.5) is 0 Å². The van der Waals surface area contributed by atoms with Crippen molar-refractivity contribution in [2.45, 2.75) is 51.6 Å². The summed E-state index contributed by atoms with van der Waals surface area (Å²) in [6.07, 6.45) is 4.07. The molecule has 5 nitrogen and oxygen atoms in total. The van der Waals surface area contributed by atoms with Gasteiger partial charge in [-0.2, -0.15) is 17.4 Å². The van der Waals surface area contributed by atoms with Crippen molar-refractivity contribution >= 4 is 10.2 Å². The summed E-state index contributed by atoms with van der Waals surface area (Å²) < 4.78 is 28.6. The van der Waals surface area contributed by atoms with E-state index in [0.717, 1.165) is 32.2 Å². The number of piperidine rings is 1. The third-order valence-electron chi connectivity index (χ3n) is 3.53. The van der Waals surface area contributed by atoms with Crippen LogP contribution in [-0.2, 0) is 10.2 Å². The summed E-state index contributed by atoms with van der Waals surface area (Å²) in [7, 11) is -3.24. The van der Waals surface area contributed by atoms with E-state index in [1.165, 1.54) is 0 Å². The second kappa shape index (κ2) is 5.86. The molecule has 0 aromatic carbocycles. The lowest BCUT2D eigenvalue weighted by Gasteiger charge is -2.32. The smallest absolute Gasteiger partial charge is 0.279 e. The van der Waals surface area contributed by atoms with Crippen LogP contribution in [-0.4, -0.2) is 44.4 Å². The summed E-state index contributed by atoms with van der Waals surface area (Å²) in [5, 5.41) is 3.40. The third kappa shape index (κ3) is 4.19. The molecule has 6 heteroatoms. The fraction of sp³-hybridized carbons (Fsp3) is 1.00. The molecule has 2 aliphatic rings. The van der Waals surface area contributed by atoms with Gasteiger partial charge in [-0.25, -0.2) is 0 Å². The Morgan fingerprint density at radius 1 is 1.28 bits per heavy atom. The molecule has 0 bridgehead atoms. The van der Waals surface area contributed by atoms with Crippen LogP contribution in [0.15, 0.2) is 0 Å². The fourth-order valence-corrected chi connectivity index (χ4v) is 3.88. The van der Waals surface area contributed by atoms with Crippen molar-refractivity contribution in [3.8, 4) is 0 Å².